The minimum Gasteiger partial charge on any atom is -0.465 e. The number of likely N-dealkylation sites (tertiary alicyclic amines) is 1. The third-order valence-corrected chi connectivity index (χ3v) is 3.60. The lowest BCUT2D eigenvalue weighted by atomic mass is 10.0. The molecule has 5 nitrogen and oxygen atoms in total. The van der Waals surface area contributed by atoms with E-state index in [1.807, 2.05) is 0 Å². The summed E-state index contributed by atoms with van der Waals surface area (Å²) in [5.41, 5.74) is 0.0749. The first-order valence-electron chi connectivity index (χ1n) is 5.82. The van der Waals surface area contributed by atoms with Gasteiger partial charge in [0.25, 0.3) is 0 Å². The highest BCUT2D eigenvalue weighted by Crippen LogP contribution is 2.28. The Hall–Kier alpha value is -0.810. The third kappa shape index (κ3) is 2.65. The predicted octanol–water partition coefficient (Wildman–Crippen LogP) is 0.849. The highest BCUT2D eigenvalue weighted by atomic mass is 16.6. The van der Waals surface area contributed by atoms with Crippen LogP contribution in [0.1, 0.15) is 19.8 Å². The zero-order chi connectivity index (χ0) is 11.8. The van der Waals surface area contributed by atoms with Crippen molar-refractivity contribution in [2.45, 2.75) is 31.4 Å². The lowest BCUT2D eigenvalue weighted by Crippen LogP contribution is -2.47. The van der Waals surface area contributed by atoms with Crippen LogP contribution in [0.25, 0.3) is 0 Å². The largest absolute Gasteiger partial charge is 0.465 e. The Balaban J connectivity index is 1.76. The molecule has 2 aliphatic heterocycles. The number of piperidine rings is 1. The van der Waals surface area contributed by atoms with Gasteiger partial charge in [-0.25, -0.2) is 4.79 Å². The van der Waals surface area contributed by atoms with Gasteiger partial charge in [0.2, 0.25) is 0 Å². The molecule has 0 bridgehead atoms. The maximum absolute atomic E-state index is 10.8. The second-order valence-electron chi connectivity index (χ2n) is 5.14. The molecule has 0 radical (unpaired) electrons. The highest BCUT2D eigenvalue weighted by Gasteiger charge is 2.41. The fraction of sp³-hybridized carbons (Fsp3) is 0.909. The van der Waals surface area contributed by atoms with Gasteiger partial charge in [0.15, 0.2) is 0 Å². The summed E-state index contributed by atoms with van der Waals surface area (Å²) in [5, 5.41) is 8.89. The van der Waals surface area contributed by atoms with Crippen LogP contribution in [0.4, 0.5) is 4.79 Å². The van der Waals surface area contributed by atoms with Crippen molar-refractivity contribution in [3.8, 4) is 0 Å². The van der Waals surface area contributed by atoms with Crippen LogP contribution >= 0.6 is 0 Å². The van der Waals surface area contributed by atoms with Gasteiger partial charge in [0.1, 0.15) is 5.60 Å². The van der Waals surface area contributed by atoms with Crippen LogP contribution in [0.2, 0.25) is 0 Å². The monoisotopic (exact) mass is 228 g/mol. The summed E-state index contributed by atoms with van der Waals surface area (Å²) < 4.78 is 5.37. The molecule has 2 fully saturated rings. The summed E-state index contributed by atoms with van der Waals surface area (Å²) in [6, 6.07) is 0.182. The van der Waals surface area contributed by atoms with Crippen molar-refractivity contribution in [1.29, 1.82) is 0 Å². The van der Waals surface area contributed by atoms with Gasteiger partial charge < -0.3 is 19.6 Å². The number of hydrogen-bond donors (Lipinski definition) is 1. The van der Waals surface area contributed by atoms with Crippen molar-refractivity contribution in [1.82, 2.24) is 9.80 Å². The molecule has 2 aliphatic rings. The van der Waals surface area contributed by atoms with Gasteiger partial charge in [-0.3, -0.25) is 0 Å². The molecule has 2 rings (SSSR count). The first-order valence-corrected chi connectivity index (χ1v) is 5.82. The average Bonchev–Trinajstić information content (AvgIpc) is 2.96. The van der Waals surface area contributed by atoms with Gasteiger partial charge >= 0.3 is 6.09 Å². The van der Waals surface area contributed by atoms with E-state index in [1.165, 1.54) is 4.90 Å². The van der Waals surface area contributed by atoms with Crippen LogP contribution in [0, 0.1) is 0 Å². The van der Waals surface area contributed by atoms with Crippen molar-refractivity contribution in [3.05, 3.63) is 0 Å². The van der Waals surface area contributed by atoms with Gasteiger partial charge in [-0.1, -0.05) is 0 Å². The van der Waals surface area contributed by atoms with E-state index in [-0.39, 0.29) is 11.6 Å². The summed E-state index contributed by atoms with van der Waals surface area (Å²) in [7, 11) is 1.66. The Labute approximate surface area is 96.0 Å². The molecule has 92 valence electrons. The number of ether oxygens (including phenoxy) is 1. The number of nitrogens with zero attached hydrogens (tertiary/aromatic N) is 2. The fourth-order valence-electron chi connectivity index (χ4n) is 2.31. The van der Waals surface area contributed by atoms with Crippen LogP contribution in [0.3, 0.4) is 0 Å². The predicted molar refractivity (Wildman–Crippen MR) is 59.6 cm³/mol. The molecular formula is C11H20N2O3. The van der Waals surface area contributed by atoms with Gasteiger partial charge in [-0.05, 0) is 19.8 Å². The summed E-state index contributed by atoms with van der Waals surface area (Å²) in [5.74, 6) is 0. The van der Waals surface area contributed by atoms with Crippen LogP contribution < -0.4 is 0 Å². The van der Waals surface area contributed by atoms with E-state index < -0.39 is 6.09 Å². The minimum absolute atomic E-state index is 0.0749. The molecule has 2 saturated heterocycles. The van der Waals surface area contributed by atoms with E-state index in [2.05, 4.69) is 11.8 Å². The van der Waals surface area contributed by atoms with Gasteiger partial charge in [-0.15, -0.1) is 0 Å². The van der Waals surface area contributed by atoms with Crippen LogP contribution in [-0.4, -0.2) is 65.9 Å². The molecule has 0 aromatic carbocycles. The van der Waals surface area contributed by atoms with Gasteiger partial charge in [-0.2, -0.15) is 0 Å². The Morgan fingerprint density at radius 1 is 1.56 bits per heavy atom. The highest BCUT2D eigenvalue weighted by molar-refractivity contribution is 5.64. The number of hydrogen-bond acceptors (Lipinski definition) is 3. The second kappa shape index (κ2) is 4.22. The molecule has 1 unspecified atom stereocenters. The topological polar surface area (TPSA) is 56.3 Å². The molecule has 1 N–H and O–H groups in total. The van der Waals surface area contributed by atoms with Crippen molar-refractivity contribution >= 4 is 6.09 Å². The molecule has 2 heterocycles. The fourth-order valence-corrected chi connectivity index (χ4v) is 2.31. The van der Waals surface area contributed by atoms with E-state index in [9.17, 15) is 4.79 Å². The Kier molecular flexibility index (Phi) is 3.08. The first-order chi connectivity index (χ1) is 7.50. The molecule has 0 aliphatic carbocycles. The maximum Gasteiger partial charge on any atom is 0.407 e. The molecule has 0 saturated carbocycles. The number of carbonyl (C=O) groups is 1. The molecule has 0 aromatic rings. The van der Waals surface area contributed by atoms with Crippen molar-refractivity contribution in [2.24, 2.45) is 0 Å². The normalized spacial score (nSPS) is 31.4. The smallest absolute Gasteiger partial charge is 0.407 e. The zero-order valence-corrected chi connectivity index (χ0v) is 9.98. The molecule has 1 amide bonds. The van der Waals surface area contributed by atoms with E-state index >= 15 is 0 Å². The second-order valence-corrected chi connectivity index (χ2v) is 5.14. The summed E-state index contributed by atoms with van der Waals surface area (Å²) >= 11 is 0. The minimum atomic E-state index is -0.823. The van der Waals surface area contributed by atoms with E-state index in [1.54, 1.807) is 7.05 Å². The SMILES string of the molecule is CN(C(=O)O)C1CCN(CC2(C)CO2)CC1. The lowest BCUT2D eigenvalue weighted by Gasteiger charge is -2.36. The Bertz CT molecular complexity index is 270. The van der Waals surface area contributed by atoms with Gasteiger partial charge in [0, 0.05) is 32.7 Å². The van der Waals surface area contributed by atoms with Gasteiger partial charge in [0.05, 0.1) is 6.61 Å². The zero-order valence-electron chi connectivity index (χ0n) is 9.98. The standard InChI is InChI=1S/C11H20N2O3/c1-11(8-16-11)7-13-5-3-9(4-6-13)12(2)10(14)15/h9H,3-8H2,1-2H3,(H,14,15). The molecular weight excluding hydrogens is 208 g/mol. The molecule has 1 atom stereocenters. The van der Waals surface area contributed by atoms with E-state index in [4.69, 9.17) is 9.84 Å². The number of rotatable bonds is 3. The maximum atomic E-state index is 10.8. The van der Waals surface area contributed by atoms with E-state index in [0.717, 1.165) is 39.1 Å². The van der Waals surface area contributed by atoms with Crippen molar-refractivity contribution in [2.75, 3.05) is 33.3 Å². The van der Waals surface area contributed by atoms with Crippen molar-refractivity contribution in [3.63, 3.8) is 0 Å². The number of amides is 1. The summed E-state index contributed by atoms with van der Waals surface area (Å²) in [6.07, 6.45) is 1.04. The van der Waals surface area contributed by atoms with Crippen LogP contribution in [0.15, 0.2) is 0 Å². The Morgan fingerprint density at radius 2 is 2.12 bits per heavy atom. The van der Waals surface area contributed by atoms with E-state index in [0.29, 0.717) is 0 Å². The first kappa shape index (κ1) is 11.7. The third-order valence-electron chi connectivity index (χ3n) is 3.60. The summed E-state index contributed by atoms with van der Waals surface area (Å²) in [4.78, 5) is 14.6. The molecule has 16 heavy (non-hydrogen) atoms. The molecule has 0 spiro atoms. The quantitative estimate of drug-likeness (QED) is 0.728. The molecule has 0 aromatic heterocycles. The van der Waals surface area contributed by atoms with Crippen LogP contribution in [-0.2, 0) is 4.74 Å². The lowest BCUT2D eigenvalue weighted by molar-refractivity contribution is 0.0953. The summed E-state index contributed by atoms with van der Waals surface area (Å²) in [6.45, 7) is 5.92. The molecule has 5 heteroatoms. The van der Waals surface area contributed by atoms with Crippen LogP contribution in [0.5, 0.6) is 0 Å². The van der Waals surface area contributed by atoms with Crippen molar-refractivity contribution < 1.29 is 14.6 Å². The Morgan fingerprint density at radius 3 is 2.56 bits per heavy atom. The number of epoxide rings is 1. The average molecular weight is 228 g/mol. The number of carboxylic acid groups (broad SMARTS) is 1.